The topological polar surface area (TPSA) is 41.5 Å². The molecule has 0 fully saturated rings. The van der Waals surface area contributed by atoms with Gasteiger partial charge in [-0.05, 0) is 67.3 Å². The second-order valence-corrected chi connectivity index (χ2v) is 6.74. The summed E-state index contributed by atoms with van der Waals surface area (Å²) in [7, 11) is 0. The molecule has 0 aliphatic heterocycles. The van der Waals surface area contributed by atoms with E-state index >= 15 is 0 Å². The van der Waals surface area contributed by atoms with Crippen LogP contribution < -0.4 is 5.43 Å². The smallest absolute Gasteiger partial charge is 0.250 e. The molecular weight excluding hydrogens is 328 g/mol. The Morgan fingerprint density at radius 3 is 2.52 bits per heavy atom. The Labute approximate surface area is 146 Å². The molecule has 0 heterocycles. The molecule has 5 heteroatoms. The molecule has 3 nitrogen and oxygen atoms in total. The molecule has 120 valence electrons. The molecule has 0 radical (unpaired) electrons. The van der Waals surface area contributed by atoms with Crippen molar-refractivity contribution in [3.63, 3.8) is 0 Å². The molecule has 0 aliphatic rings. The minimum atomic E-state index is -0.136. The van der Waals surface area contributed by atoms with Crippen molar-refractivity contribution >= 4 is 35.5 Å². The van der Waals surface area contributed by atoms with Crippen LogP contribution in [0.2, 0.25) is 5.02 Å². The first-order chi connectivity index (χ1) is 11.0. The van der Waals surface area contributed by atoms with Gasteiger partial charge < -0.3 is 0 Å². The van der Waals surface area contributed by atoms with E-state index in [1.807, 2.05) is 30.3 Å². The zero-order chi connectivity index (χ0) is 16.8. The average molecular weight is 347 g/mol. The number of carbonyl (C=O) groups excluding carboxylic acids is 1. The van der Waals surface area contributed by atoms with E-state index in [0.717, 1.165) is 10.5 Å². The van der Waals surface area contributed by atoms with Gasteiger partial charge in [0, 0.05) is 9.92 Å². The second-order valence-electron chi connectivity index (χ2n) is 5.26. The summed E-state index contributed by atoms with van der Waals surface area (Å²) in [6, 6.07) is 11.5. The summed E-state index contributed by atoms with van der Waals surface area (Å²) in [5.41, 5.74) is 7.25. The Kier molecular flexibility index (Phi) is 6.25. The highest BCUT2D eigenvalue weighted by Crippen LogP contribution is 2.20. The molecule has 2 rings (SSSR count). The molecule has 1 N–H and O–H groups in total. The summed E-state index contributed by atoms with van der Waals surface area (Å²) in [5.74, 6) is 0.174. The number of halogens is 1. The summed E-state index contributed by atoms with van der Waals surface area (Å²) in [6.45, 7) is 6.23. The lowest BCUT2D eigenvalue weighted by Crippen LogP contribution is -2.19. The normalized spacial score (nSPS) is 11.0. The monoisotopic (exact) mass is 346 g/mol. The largest absolute Gasteiger partial charge is 0.272 e. The summed E-state index contributed by atoms with van der Waals surface area (Å²) < 4.78 is 0. The molecule has 2 aromatic carbocycles. The molecule has 0 saturated carbocycles. The van der Waals surface area contributed by atoms with Crippen molar-refractivity contribution in [1.29, 1.82) is 0 Å². The number of benzene rings is 2. The van der Waals surface area contributed by atoms with Crippen molar-refractivity contribution in [1.82, 2.24) is 5.43 Å². The molecule has 0 bridgehead atoms. The van der Waals surface area contributed by atoms with Gasteiger partial charge >= 0.3 is 0 Å². The fraction of sp³-hybridized carbons (Fsp3) is 0.222. The average Bonchev–Trinajstić information content (AvgIpc) is 2.54. The standard InChI is InChI=1S/C18H19ClN2OS/c1-12-4-5-15(14(3)13(12)2)10-20-21-18(22)11-23-17-8-6-16(19)7-9-17/h4-10H,11H2,1-3H3,(H,21,22). The van der Waals surface area contributed by atoms with E-state index in [-0.39, 0.29) is 5.91 Å². The first kappa shape index (κ1) is 17.6. The molecular formula is C18H19ClN2OS. The van der Waals surface area contributed by atoms with E-state index in [1.165, 1.54) is 28.5 Å². The SMILES string of the molecule is Cc1ccc(C=NNC(=O)CSc2ccc(Cl)cc2)c(C)c1C. The van der Waals surface area contributed by atoms with Crippen molar-refractivity contribution in [2.24, 2.45) is 5.10 Å². The number of hydrogen-bond donors (Lipinski definition) is 1. The van der Waals surface area contributed by atoms with E-state index in [2.05, 4.69) is 37.4 Å². The zero-order valence-corrected chi connectivity index (χ0v) is 15.0. The molecule has 2 aromatic rings. The number of hydrazone groups is 1. The maximum atomic E-state index is 11.8. The van der Waals surface area contributed by atoms with Crippen LogP contribution in [-0.4, -0.2) is 17.9 Å². The molecule has 0 saturated heterocycles. The predicted molar refractivity (Wildman–Crippen MR) is 98.6 cm³/mol. The summed E-state index contributed by atoms with van der Waals surface area (Å²) in [6.07, 6.45) is 1.69. The lowest BCUT2D eigenvalue weighted by molar-refractivity contribution is -0.118. The number of rotatable bonds is 5. The number of nitrogens with zero attached hydrogens (tertiary/aromatic N) is 1. The Morgan fingerprint density at radius 1 is 1.13 bits per heavy atom. The van der Waals surface area contributed by atoms with Gasteiger partial charge in [0.25, 0.3) is 0 Å². The van der Waals surface area contributed by atoms with E-state index in [0.29, 0.717) is 10.8 Å². The van der Waals surface area contributed by atoms with Crippen LogP contribution in [0.3, 0.4) is 0 Å². The maximum Gasteiger partial charge on any atom is 0.250 e. The molecule has 0 atom stereocenters. The van der Waals surface area contributed by atoms with Gasteiger partial charge in [0.1, 0.15) is 0 Å². The van der Waals surface area contributed by atoms with Crippen molar-refractivity contribution < 1.29 is 4.79 Å². The maximum absolute atomic E-state index is 11.8. The molecule has 0 spiro atoms. The molecule has 0 aliphatic carbocycles. The van der Waals surface area contributed by atoms with E-state index in [1.54, 1.807) is 6.21 Å². The Morgan fingerprint density at radius 2 is 1.83 bits per heavy atom. The van der Waals surface area contributed by atoms with E-state index in [4.69, 9.17) is 11.6 Å². The molecule has 23 heavy (non-hydrogen) atoms. The number of amides is 1. The van der Waals surface area contributed by atoms with Gasteiger partial charge in [0.15, 0.2) is 0 Å². The second kappa shape index (κ2) is 8.18. The summed E-state index contributed by atoms with van der Waals surface area (Å²) in [5, 5.41) is 4.73. The lowest BCUT2D eigenvalue weighted by atomic mass is 10.00. The highest BCUT2D eigenvalue weighted by Gasteiger charge is 2.03. The van der Waals surface area contributed by atoms with Gasteiger partial charge in [0.05, 0.1) is 12.0 Å². The number of thioether (sulfide) groups is 1. The minimum absolute atomic E-state index is 0.136. The van der Waals surface area contributed by atoms with Crippen LogP contribution in [0.25, 0.3) is 0 Å². The number of carbonyl (C=O) groups is 1. The third-order valence-corrected chi connectivity index (χ3v) is 4.94. The Bertz CT molecular complexity index is 727. The quantitative estimate of drug-likeness (QED) is 0.491. The van der Waals surface area contributed by atoms with Crippen LogP contribution in [-0.2, 0) is 4.79 Å². The fourth-order valence-electron chi connectivity index (χ4n) is 2.00. The van der Waals surface area contributed by atoms with Crippen LogP contribution in [0.4, 0.5) is 0 Å². The Balaban J connectivity index is 1.86. The van der Waals surface area contributed by atoms with Crippen molar-refractivity contribution in [2.45, 2.75) is 25.7 Å². The Hall–Kier alpha value is -1.78. The van der Waals surface area contributed by atoms with Gasteiger partial charge in [-0.15, -0.1) is 11.8 Å². The third kappa shape index (κ3) is 5.12. The van der Waals surface area contributed by atoms with Crippen molar-refractivity contribution in [3.8, 4) is 0 Å². The highest BCUT2D eigenvalue weighted by atomic mass is 35.5. The molecule has 1 amide bonds. The predicted octanol–water partition coefficient (Wildman–Crippen LogP) is 4.51. The number of hydrogen-bond acceptors (Lipinski definition) is 3. The van der Waals surface area contributed by atoms with Crippen LogP contribution >= 0.6 is 23.4 Å². The van der Waals surface area contributed by atoms with Gasteiger partial charge in [0.2, 0.25) is 5.91 Å². The number of nitrogens with one attached hydrogen (secondary N) is 1. The van der Waals surface area contributed by atoms with Crippen LogP contribution in [0.15, 0.2) is 46.4 Å². The fourth-order valence-corrected chi connectivity index (χ4v) is 2.82. The van der Waals surface area contributed by atoms with Gasteiger partial charge in [-0.3, -0.25) is 4.79 Å². The highest BCUT2D eigenvalue weighted by molar-refractivity contribution is 8.00. The summed E-state index contributed by atoms with van der Waals surface area (Å²) >= 11 is 7.27. The van der Waals surface area contributed by atoms with Gasteiger partial charge in [-0.1, -0.05) is 23.7 Å². The van der Waals surface area contributed by atoms with Crippen LogP contribution in [0.1, 0.15) is 22.3 Å². The lowest BCUT2D eigenvalue weighted by Gasteiger charge is -2.07. The first-order valence-electron chi connectivity index (χ1n) is 7.24. The van der Waals surface area contributed by atoms with E-state index < -0.39 is 0 Å². The molecule has 0 aromatic heterocycles. The van der Waals surface area contributed by atoms with Gasteiger partial charge in [-0.2, -0.15) is 5.10 Å². The van der Waals surface area contributed by atoms with E-state index in [9.17, 15) is 4.79 Å². The first-order valence-corrected chi connectivity index (χ1v) is 8.61. The van der Waals surface area contributed by atoms with Crippen LogP contribution in [0, 0.1) is 20.8 Å². The summed E-state index contributed by atoms with van der Waals surface area (Å²) in [4.78, 5) is 12.8. The minimum Gasteiger partial charge on any atom is -0.272 e. The third-order valence-electron chi connectivity index (χ3n) is 3.68. The van der Waals surface area contributed by atoms with Gasteiger partial charge in [-0.25, -0.2) is 5.43 Å². The van der Waals surface area contributed by atoms with Crippen LogP contribution in [0.5, 0.6) is 0 Å². The van der Waals surface area contributed by atoms with Crippen molar-refractivity contribution in [2.75, 3.05) is 5.75 Å². The number of aryl methyl sites for hydroxylation is 1. The zero-order valence-electron chi connectivity index (χ0n) is 13.4. The van der Waals surface area contributed by atoms with Crippen molar-refractivity contribution in [3.05, 3.63) is 63.7 Å². The molecule has 0 unspecified atom stereocenters.